The maximum Gasteiger partial charge on any atom is 0.171 e. The molecule has 0 aliphatic heterocycles. The highest BCUT2D eigenvalue weighted by atomic mass is 35.5. The topological polar surface area (TPSA) is 46.2 Å². The summed E-state index contributed by atoms with van der Waals surface area (Å²) < 4.78 is 4.94. The molecular weight excluding hydrogens is 293 g/mol. The lowest BCUT2D eigenvalue weighted by Crippen LogP contribution is -2.30. The summed E-state index contributed by atoms with van der Waals surface area (Å²) in [7, 11) is 1.66. The van der Waals surface area contributed by atoms with E-state index in [4.69, 9.17) is 40.2 Å². The van der Waals surface area contributed by atoms with Gasteiger partial charge in [-0.25, -0.2) is 4.98 Å². The van der Waals surface area contributed by atoms with Crippen molar-refractivity contribution in [3.8, 4) is 0 Å². The highest BCUT2D eigenvalue weighted by molar-refractivity contribution is 7.80. The highest BCUT2D eigenvalue weighted by Gasteiger charge is 2.09. The van der Waals surface area contributed by atoms with Gasteiger partial charge < -0.3 is 15.4 Å². The summed E-state index contributed by atoms with van der Waals surface area (Å²) in [5.41, 5.74) is 0.776. The van der Waals surface area contributed by atoms with Crippen LogP contribution in [-0.2, 0) is 4.74 Å². The minimum absolute atomic E-state index is 0.474. The molecule has 0 spiro atoms. The molecule has 0 aliphatic carbocycles. The third-order valence-electron chi connectivity index (χ3n) is 2.25. The molecule has 0 saturated heterocycles. The van der Waals surface area contributed by atoms with Crippen LogP contribution in [0.5, 0.6) is 0 Å². The summed E-state index contributed by atoms with van der Waals surface area (Å²) in [4.78, 5) is 4.10. The van der Waals surface area contributed by atoms with E-state index in [-0.39, 0.29) is 0 Å². The summed E-state index contributed by atoms with van der Waals surface area (Å²) in [5.74, 6) is 0.503. The Bertz CT molecular complexity index is 429. The van der Waals surface area contributed by atoms with Gasteiger partial charge in [0.2, 0.25) is 0 Å². The molecule has 1 aromatic heterocycles. The van der Waals surface area contributed by atoms with E-state index in [2.05, 4.69) is 15.6 Å². The van der Waals surface area contributed by atoms with Crippen molar-refractivity contribution in [2.24, 2.45) is 0 Å². The predicted octanol–water partition coefficient (Wildman–Crippen LogP) is 3.02. The number of rotatable bonds is 5. The van der Waals surface area contributed by atoms with Crippen LogP contribution in [0.25, 0.3) is 0 Å². The van der Waals surface area contributed by atoms with Gasteiger partial charge in [-0.3, -0.25) is 0 Å². The van der Waals surface area contributed by atoms with Gasteiger partial charge in [-0.1, -0.05) is 23.2 Å². The molecule has 0 amide bonds. The molecule has 4 nitrogen and oxygen atoms in total. The number of hydrogen-bond acceptors (Lipinski definition) is 3. The van der Waals surface area contributed by atoms with Crippen LogP contribution in [0.1, 0.15) is 12.0 Å². The Hall–Kier alpha value is -0.620. The molecule has 0 aliphatic rings. The molecule has 2 N–H and O–H groups in total. The van der Waals surface area contributed by atoms with Gasteiger partial charge in [0, 0.05) is 26.5 Å². The van der Waals surface area contributed by atoms with Crippen molar-refractivity contribution in [3.63, 3.8) is 0 Å². The molecule has 0 unspecified atom stereocenters. The number of thiocarbonyl (C=S) groups is 1. The molecule has 0 radical (unpaired) electrons. The second-order valence-corrected chi connectivity index (χ2v) is 4.81. The van der Waals surface area contributed by atoms with Crippen LogP contribution in [-0.4, -0.2) is 30.4 Å². The fraction of sp³-hybridized carbons (Fsp3) is 0.455. The summed E-state index contributed by atoms with van der Waals surface area (Å²) >= 11 is 17.1. The number of nitrogens with one attached hydrogen (secondary N) is 2. The molecular formula is C11H15Cl2N3OS. The number of halogens is 2. The fourth-order valence-electron chi connectivity index (χ4n) is 1.21. The van der Waals surface area contributed by atoms with Gasteiger partial charge in [0.1, 0.15) is 0 Å². The van der Waals surface area contributed by atoms with E-state index in [0.29, 0.717) is 27.6 Å². The molecule has 0 aromatic carbocycles. The summed E-state index contributed by atoms with van der Waals surface area (Å²) in [6.07, 6.45) is 2.41. The molecule has 100 valence electrons. The number of pyridine rings is 1. The van der Waals surface area contributed by atoms with Crippen LogP contribution >= 0.6 is 35.4 Å². The monoisotopic (exact) mass is 307 g/mol. The number of ether oxygens (including phenoxy) is 1. The van der Waals surface area contributed by atoms with E-state index < -0.39 is 0 Å². The molecule has 0 saturated carbocycles. The van der Waals surface area contributed by atoms with E-state index in [1.54, 1.807) is 13.3 Å². The maximum atomic E-state index is 6.11. The molecule has 18 heavy (non-hydrogen) atoms. The average molecular weight is 308 g/mol. The van der Waals surface area contributed by atoms with E-state index in [9.17, 15) is 0 Å². The van der Waals surface area contributed by atoms with Crippen molar-refractivity contribution in [3.05, 3.63) is 21.8 Å². The van der Waals surface area contributed by atoms with Gasteiger partial charge in [0.05, 0.1) is 10.0 Å². The summed E-state index contributed by atoms with van der Waals surface area (Å²) in [6.45, 7) is 3.24. The lowest BCUT2D eigenvalue weighted by Gasteiger charge is -2.12. The first-order valence-corrected chi connectivity index (χ1v) is 6.57. The zero-order valence-corrected chi connectivity index (χ0v) is 12.5. The van der Waals surface area contributed by atoms with Gasteiger partial charge in [0.15, 0.2) is 10.9 Å². The second kappa shape index (κ2) is 7.74. The number of nitrogens with zero attached hydrogens (tertiary/aromatic N) is 1. The highest BCUT2D eigenvalue weighted by Crippen LogP contribution is 2.28. The van der Waals surface area contributed by atoms with Gasteiger partial charge in [-0.15, -0.1) is 0 Å². The van der Waals surface area contributed by atoms with Gasteiger partial charge in [0.25, 0.3) is 0 Å². The number of hydrogen-bond donors (Lipinski definition) is 2. The first-order chi connectivity index (χ1) is 8.56. The van der Waals surface area contributed by atoms with E-state index >= 15 is 0 Å². The van der Waals surface area contributed by atoms with Crippen molar-refractivity contribution in [2.75, 3.05) is 25.6 Å². The third kappa shape index (κ3) is 4.57. The first-order valence-electron chi connectivity index (χ1n) is 5.40. The Kier molecular flexibility index (Phi) is 6.63. The Morgan fingerprint density at radius 1 is 1.50 bits per heavy atom. The van der Waals surface area contributed by atoms with Crippen LogP contribution in [0, 0.1) is 6.92 Å². The van der Waals surface area contributed by atoms with Crippen LogP contribution < -0.4 is 10.6 Å². The molecule has 7 heteroatoms. The van der Waals surface area contributed by atoms with E-state index in [1.807, 2.05) is 6.92 Å². The van der Waals surface area contributed by atoms with Crippen molar-refractivity contribution >= 4 is 46.4 Å². The van der Waals surface area contributed by atoms with E-state index in [1.165, 1.54) is 0 Å². The molecule has 1 heterocycles. The average Bonchev–Trinajstić information content (AvgIpc) is 2.35. The van der Waals surface area contributed by atoms with Gasteiger partial charge in [-0.05, 0) is 31.1 Å². The zero-order valence-electron chi connectivity index (χ0n) is 10.2. The fourth-order valence-corrected chi connectivity index (χ4v) is 1.80. The Labute approximate surface area is 122 Å². The molecule has 1 rings (SSSR count). The second-order valence-electron chi connectivity index (χ2n) is 3.62. The Morgan fingerprint density at radius 2 is 2.22 bits per heavy atom. The smallest absolute Gasteiger partial charge is 0.171 e. The van der Waals surface area contributed by atoms with Crippen molar-refractivity contribution in [2.45, 2.75) is 13.3 Å². The van der Waals surface area contributed by atoms with Crippen LogP contribution in [0.4, 0.5) is 5.82 Å². The molecule has 0 atom stereocenters. The number of methoxy groups -OCH3 is 1. The molecule has 0 fully saturated rings. The first kappa shape index (κ1) is 15.4. The number of aromatic nitrogens is 1. The van der Waals surface area contributed by atoms with Crippen molar-refractivity contribution in [1.82, 2.24) is 10.3 Å². The van der Waals surface area contributed by atoms with Crippen molar-refractivity contribution in [1.29, 1.82) is 0 Å². The Balaban J connectivity index is 2.52. The minimum Gasteiger partial charge on any atom is -0.385 e. The largest absolute Gasteiger partial charge is 0.385 e. The summed E-state index contributed by atoms with van der Waals surface area (Å²) in [6, 6.07) is 0. The standard InChI is InChI=1S/C11H15Cl2N3OS/c1-7-8(12)6-15-10(9(7)13)16-11(18)14-4-3-5-17-2/h6H,3-5H2,1-2H3,(H2,14,15,16,18). The molecule has 0 bridgehead atoms. The van der Waals surface area contributed by atoms with E-state index in [0.717, 1.165) is 18.5 Å². The van der Waals surface area contributed by atoms with Gasteiger partial charge >= 0.3 is 0 Å². The predicted molar refractivity (Wildman–Crippen MR) is 79.7 cm³/mol. The molecule has 1 aromatic rings. The van der Waals surface area contributed by atoms with Crippen LogP contribution in [0.15, 0.2) is 6.20 Å². The Morgan fingerprint density at radius 3 is 2.89 bits per heavy atom. The number of anilines is 1. The van der Waals surface area contributed by atoms with Crippen LogP contribution in [0.2, 0.25) is 10.0 Å². The minimum atomic E-state index is 0.474. The normalized spacial score (nSPS) is 10.2. The lowest BCUT2D eigenvalue weighted by molar-refractivity contribution is 0.196. The zero-order chi connectivity index (χ0) is 13.5. The van der Waals surface area contributed by atoms with Gasteiger partial charge in [-0.2, -0.15) is 0 Å². The third-order valence-corrected chi connectivity index (χ3v) is 3.34. The maximum absolute atomic E-state index is 6.11. The quantitative estimate of drug-likeness (QED) is 0.647. The van der Waals surface area contributed by atoms with Crippen molar-refractivity contribution < 1.29 is 4.74 Å². The lowest BCUT2D eigenvalue weighted by atomic mass is 10.3. The SMILES string of the molecule is COCCCNC(=S)Nc1ncc(Cl)c(C)c1Cl. The summed E-state index contributed by atoms with van der Waals surface area (Å²) in [5, 5.41) is 7.45. The van der Waals surface area contributed by atoms with Crippen LogP contribution in [0.3, 0.4) is 0 Å².